The van der Waals surface area contributed by atoms with Gasteiger partial charge in [0.1, 0.15) is 10.4 Å². The number of esters is 1. The lowest BCUT2D eigenvalue weighted by Crippen LogP contribution is -2.22. The fourth-order valence-corrected chi connectivity index (χ4v) is 0.633. The molecule has 0 aromatic heterocycles. The molecule has 0 aliphatic rings. The van der Waals surface area contributed by atoms with Gasteiger partial charge in [0.25, 0.3) is 0 Å². The number of hydrogen-bond donors (Lipinski definition) is 0. The fourth-order valence-electron chi connectivity index (χ4n) is 0.487. The maximum Gasteiger partial charge on any atom is 0.331 e. The first-order valence-electron chi connectivity index (χ1n) is 3.50. The predicted molar refractivity (Wildman–Crippen MR) is 50.5 cm³/mol. The standard InChI is InChI=1S/C8H12Cl2O2/c1-8(2,3)12-7(11)5-4-6(9)10/h4-6H,1-3H3/b5-4+. The monoisotopic (exact) mass is 210 g/mol. The molecule has 0 atom stereocenters. The SMILES string of the molecule is CC(C)(C)OC(=O)/C=C/C(Cl)Cl. The van der Waals surface area contributed by atoms with Crippen LogP contribution in [0.25, 0.3) is 0 Å². The summed E-state index contributed by atoms with van der Waals surface area (Å²) in [5.41, 5.74) is -0.477. The maximum absolute atomic E-state index is 10.9. The van der Waals surface area contributed by atoms with Gasteiger partial charge in [-0.1, -0.05) is 0 Å². The third-order valence-corrected chi connectivity index (χ3v) is 1.08. The zero-order chi connectivity index (χ0) is 9.78. The summed E-state index contributed by atoms with van der Waals surface area (Å²) in [6.45, 7) is 5.37. The van der Waals surface area contributed by atoms with Crippen LogP contribution in [0.3, 0.4) is 0 Å². The molecular formula is C8H12Cl2O2. The van der Waals surface area contributed by atoms with Gasteiger partial charge in [-0.3, -0.25) is 0 Å². The average molecular weight is 211 g/mol. The summed E-state index contributed by atoms with van der Waals surface area (Å²) in [6, 6.07) is 0. The Bertz CT molecular complexity index is 180. The Morgan fingerprint density at radius 3 is 2.25 bits per heavy atom. The van der Waals surface area contributed by atoms with Crippen molar-refractivity contribution in [2.45, 2.75) is 31.2 Å². The quantitative estimate of drug-likeness (QED) is 0.398. The second kappa shape index (κ2) is 4.73. The van der Waals surface area contributed by atoms with Gasteiger partial charge < -0.3 is 4.74 Å². The maximum atomic E-state index is 10.9. The third-order valence-electron chi connectivity index (χ3n) is 0.785. The molecule has 0 bridgehead atoms. The van der Waals surface area contributed by atoms with Crippen LogP contribution in [0.4, 0.5) is 0 Å². The van der Waals surface area contributed by atoms with Crippen molar-refractivity contribution in [3.63, 3.8) is 0 Å². The minimum atomic E-state index is -0.669. The fraction of sp³-hybridized carbons (Fsp3) is 0.625. The molecule has 0 aliphatic heterocycles. The first-order chi connectivity index (χ1) is 5.31. The number of alkyl halides is 2. The van der Waals surface area contributed by atoms with Crippen LogP contribution >= 0.6 is 23.2 Å². The van der Waals surface area contributed by atoms with Crippen molar-refractivity contribution >= 4 is 29.2 Å². The van der Waals surface area contributed by atoms with E-state index in [4.69, 9.17) is 27.9 Å². The van der Waals surface area contributed by atoms with Crippen molar-refractivity contribution in [3.8, 4) is 0 Å². The van der Waals surface area contributed by atoms with Gasteiger partial charge in [-0.05, 0) is 26.8 Å². The van der Waals surface area contributed by atoms with E-state index in [1.54, 1.807) is 20.8 Å². The van der Waals surface area contributed by atoms with Crippen molar-refractivity contribution in [2.24, 2.45) is 0 Å². The molecule has 0 aromatic carbocycles. The van der Waals surface area contributed by atoms with Gasteiger partial charge in [-0.2, -0.15) is 0 Å². The molecule has 0 amide bonds. The van der Waals surface area contributed by atoms with Crippen LogP contribution in [-0.4, -0.2) is 16.4 Å². The molecule has 70 valence electrons. The van der Waals surface area contributed by atoms with E-state index in [2.05, 4.69) is 0 Å². The second-order valence-electron chi connectivity index (χ2n) is 3.23. The summed E-state index contributed by atoms with van der Waals surface area (Å²) in [5, 5.41) is 0. The highest BCUT2D eigenvalue weighted by atomic mass is 35.5. The minimum absolute atomic E-state index is 0.436. The van der Waals surface area contributed by atoms with Crippen LogP contribution in [0.15, 0.2) is 12.2 Å². The Morgan fingerprint density at radius 1 is 1.42 bits per heavy atom. The van der Waals surface area contributed by atoms with Crippen molar-refractivity contribution < 1.29 is 9.53 Å². The smallest absolute Gasteiger partial charge is 0.331 e. The first kappa shape index (κ1) is 11.8. The van der Waals surface area contributed by atoms with Crippen LogP contribution in [0, 0.1) is 0 Å². The van der Waals surface area contributed by atoms with Gasteiger partial charge in [-0.15, -0.1) is 23.2 Å². The van der Waals surface area contributed by atoms with E-state index in [1.807, 2.05) is 0 Å². The van der Waals surface area contributed by atoms with E-state index < -0.39 is 16.4 Å². The summed E-state index contributed by atoms with van der Waals surface area (Å²) in [7, 11) is 0. The summed E-state index contributed by atoms with van der Waals surface area (Å²) in [4.78, 5) is 10.3. The summed E-state index contributed by atoms with van der Waals surface area (Å²) < 4.78 is 4.95. The summed E-state index contributed by atoms with van der Waals surface area (Å²) in [6.07, 6.45) is 2.58. The Balaban J connectivity index is 3.91. The van der Waals surface area contributed by atoms with E-state index in [0.29, 0.717) is 0 Å². The number of hydrogen-bond acceptors (Lipinski definition) is 2. The topological polar surface area (TPSA) is 26.3 Å². The van der Waals surface area contributed by atoms with Crippen molar-refractivity contribution in [1.29, 1.82) is 0 Å². The van der Waals surface area contributed by atoms with Gasteiger partial charge in [-0.25, -0.2) is 4.79 Å². The van der Waals surface area contributed by atoms with Crippen LogP contribution in [-0.2, 0) is 9.53 Å². The number of ether oxygens (including phenoxy) is 1. The lowest BCUT2D eigenvalue weighted by molar-refractivity contribution is -0.148. The highest BCUT2D eigenvalue weighted by molar-refractivity contribution is 6.45. The Morgan fingerprint density at radius 2 is 1.92 bits per heavy atom. The Labute approximate surface area is 82.5 Å². The lowest BCUT2D eigenvalue weighted by Gasteiger charge is -2.17. The molecule has 0 aliphatic carbocycles. The molecule has 0 fully saturated rings. The van der Waals surface area contributed by atoms with Gasteiger partial charge in [0.15, 0.2) is 0 Å². The molecule has 0 radical (unpaired) electrons. The molecule has 2 nitrogen and oxygen atoms in total. The van der Waals surface area contributed by atoms with Crippen LogP contribution in [0.5, 0.6) is 0 Å². The van der Waals surface area contributed by atoms with Crippen molar-refractivity contribution in [2.75, 3.05) is 0 Å². The average Bonchev–Trinajstić information content (AvgIpc) is 1.79. The molecule has 0 saturated carbocycles. The van der Waals surface area contributed by atoms with E-state index in [0.717, 1.165) is 0 Å². The molecule has 4 heteroatoms. The zero-order valence-electron chi connectivity index (χ0n) is 7.30. The van der Waals surface area contributed by atoms with Crippen LogP contribution in [0.2, 0.25) is 0 Å². The van der Waals surface area contributed by atoms with E-state index in [-0.39, 0.29) is 0 Å². The second-order valence-corrected chi connectivity index (χ2v) is 4.39. The zero-order valence-corrected chi connectivity index (χ0v) is 8.82. The van der Waals surface area contributed by atoms with Crippen LogP contribution in [0.1, 0.15) is 20.8 Å². The predicted octanol–water partition coefficient (Wildman–Crippen LogP) is 2.69. The van der Waals surface area contributed by atoms with E-state index >= 15 is 0 Å². The van der Waals surface area contributed by atoms with Crippen LogP contribution < -0.4 is 0 Å². The van der Waals surface area contributed by atoms with Gasteiger partial charge >= 0.3 is 5.97 Å². The molecule has 0 aromatic rings. The minimum Gasteiger partial charge on any atom is -0.457 e. The highest BCUT2D eigenvalue weighted by Crippen LogP contribution is 2.08. The molecule has 0 saturated heterocycles. The lowest BCUT2D eigenvalue weighted by atomic mass is 10.2. The van der Waals surface area contributed by atoms with E-state index in [9.17, 15) is 4.79 Å². The summed E-state index contributed by atoms with van der Waals surface area (Å²) in [5.74, 6) is -0.436. The number of allylic oxidation sites excluding steroid dienone is 1. The Kier molecular flexibility index (Phi) is 4.64. The molecule has 0 N–H and O–H groups in total. The van der Waals surface area contributed by atoms with Gasteiger partial charge in [0.2, 0.25) is 0 Å². The normalized spacial score (nSPS) is 12.5. The molecule has 0 heterocycles. The molecule has 0 spiro atoms. The number of carbonyl (C=O) groups is 1. The largest absolute Gasteiger partial charge is 0.457 e. The highest BCUT2D eigenvalue weighted by Gasteiger charge is 2.13. The van der Waals surface area contributed by atoms with Crippen molar-refractivity contribution in [1.82, 2.24) is 0 Å². The molecule has 0 rings (SSSR count). The molecular weight excluding hydrogens is 199 g/mol. The first-order valence-corrected chi connectivity index (χ1v) is 4.38. The molecule has 0 unspecified atom stereocenters. The van der Waals surface area contributed by atoms with E-state index in [1.165, 1.54) is 12.2 Å². The Hall–Kier alpha value is -0.210. The number of rotatable bonds is 2. The van der Waals surface area contributed by atoms with Crippen molar-refractivity contribution in [3.05, 3.63) is 12.2 Å². The summed E-state index contributed by atoms with van der Waals surface area (Å²) >= 11 is 10.7. The third kappa shape index (κ3) is 7.89. The number of carbonyl (C=O) groups excluding carboxylic acids is 1. The van der Waals surface area contributed by atoms with Gasteiger partial charge in [0, 0.05) is 6.08 Å². The van der Waals surface area contributed by atoms with Gasteiger partial charge in [0.05, 0.1) is 0 Å². The molecule has 12 heavy (non-hydrogen) atoms. The number of halogens is 2.